The molecule has 3 aromatic carbocycles. The van der Waals surface area contributed by atoms with Gasteiger partial charge in [0.2, 0.25) is 0 Å². The molecule has 0 unspecified atom stereocenters. The summed E-state index contributed by atoms with van der Waals surface area (Å²) in [5.41, 5.74) is 5.65. The summed E-state index contributed by atoms with van der Waals surface area (Å²) >= 11 is 0. The highest BCUT2D eigenvalue weighted by Crippen LogP contribution is 2.28. The van der Waals surface area contributed by atoms with Crippen molar-refractivity contribution in [1.29, 1.82) is 0 Å². The minimum atomic E-state index is -0.867. The Morgan fingerprint density at radius 3 is 2.38 bits per heavy atom. The molecule has 9 heteroatoms. The van der Waals surface area contributed by atoms with Gasteiger partial charge in [0.1, 0.15) is 0 Å². The van der Waals surface area contributed by atoms with E-state index < -0.39 is 11.8 Å². The van der Waals surface area contributed by atoms with Crippen molar-refractivity contribution < 1.29 is 23.9 Å². The van der Waals surface area contributed by atoms with Crippen LogP contribution in [0.1, 0.15) is 23.6 Å². The number of aryl methyl sites for hydroxylation is 1. The fourth-order valence-corrected chi connectivity index (χ4v) is 3.23. The summed E-state index contributed by atoms with van der Waals surface area (Å²) in [5.74, 6) is -1.13. The first-order valence-electron chi connectivity index (χ1n) is 11.9. The second kappa shape index (κ2) is 14.0. The summed E-state index contributed by atoms with van der Waals surface area (Å²) in [6.07, 6.45) is 2.00. The lowest BCUT2D eigenvalue weighted by molar-refractivity contribution is -0.139. The predicted octanol–water partition coefficient (Wildman–Crippen LogP) is 3.22. The zero-order valence-corrected chi connectivity index (χ0v) is 20.8. The molecule has 0 bridgehead atoms. The molecule has 9 nitrogen and oxygen atoms in total. The number of nitrogens with zero attached hydrogens (tertiary/aromatic N) is 1. The fraction of sp³-hybridized carbons (Fsp3) is 0.214. The SMILES string of the molecule is CCOc1cc(/C=N\NC(=O)C(=O)NCCc2ccccc2)ccc1OCC(=O)Nc1ccc(C)cc1. The van der Waals surface area contributed by atoms with Gasteiger partial charge in [-0.15, -0.1) is 0 Å². The molecule has 0 heterocycles. The molecule has 0 radical (unpaired) electrons. The van der Waals surface area contributed by atoms with Gasteiger partial charge in [-0.3, -0.25) is 14.4 Å². The van der Waals surface area contributed by atoms with Crippen LogP contribution in [0.5, 0.6) is 11.5 Å². The van der Waals surface area contributed by atoms with Crippen LogP contribution < -0.4 is 25.5 Å². The highest BCUT2D eigenvalue weighted by Gasteiger charge is 2.12. The molecule has 0 aliphatic rings. The highest BCUT2D eigenvalue weighted by atomic mass is 16.5. The van der Waals surface area contributed by atoms with E-state index in [-0.39, 0.29) is 12.5 Å². The summed E-state index contributed by atoms with van der Waals surface area (Å²) in [6, 6.07) is 22.1. The molecule has 0 spiro atoms. The normalized spacial score (nSPS) is 10.5. The Kier molecular flexibility index (Phi) is 10.2. The van der Waals surface area contributed by atoms with Gasteiger partial charge in [0.15, 0.2) is 18.1 Å². The van der Waals surface area contributed by atoms with Crippen molar-refractivity contribution in [3.8, 4) is 11.5 Å². The lowest BCUT2D eigenvalue weighted by Gasteiger charge is -2.12. The number of carbonyl (C=O) groups excluding carboxylic acids is 3. The number of benzene rings is 3. The lowest BCUT2D eigenvalue weighted by atomic mass is 10.1. The maximum Gasteiger partial charge on any atom is 0.329 e. The largest absolute Gasteiger partial charge is 0.490 e. The van der Waals surface area contributed by atoms with E-state index in [1.54, 1.807) is 18.2 Å². The monoisotopic (exact) mass is 502 g/mol. The van der Waals surface area contributed by atoms with E-state index in [4.69, 9.17) is 9.47 Å². The molecule has 0 saturated carbocycles. The van der Waals surface area contributed by atoms with Gasteiger partial charge in [0.05, 0.1) is 12.8 Å². The summed E-state index contributed by atoms with van der Waals surface area (Å²) in [7, 11) is 0. The Morgan fingerprint density at radius 1 is 0.892 bits per heavy atom. The first-order valence-corrected chi connectivity index (χ1v) is 11.9. The first kappa shape index (κ1) is 26.9. The van der Waals surface area contributed by atoms with Crippen LogP contribution in [0.25, 0.3) is 0 Å². The minimum Gasteiger partial charge on any atom is -0.490 e. The van der Waals surface area contributed by atoms with Crippen molar-refractivity contribution in [1.82, 2.24) is 10.7 Å². The number of carbonyl (C=O) groups is 3. The molecular weight excluding hydrogens is 472 g/mol. The molecule has 0 saturated heterocycles. The van der Waals surface area contributed by atoms with Gasteiger partial charge >= 0.3 is 11.8 Å². The van der Waals surface area contributed by atoms with Crippen LogP contribution in [-0.4, -0.2) is 43.7 Å². The van der Waals surface area contributed by atoms with Gasteiger partial charge in [0.25, 0.3) is 5.91 Å². The van der Waals surface area contributed by atoms with Crippen LogP contribution in [-0.2, 0) is 20.8 Å². The molecule has 3 rings (SSSR count). The molecule has 0 atom stereocenters. The Balaban J connectivity index is 1.48. The molecule has 192 valence electrons. The molecule has 3 N–H and O–H groups in total. The molecular formula is C28H30N4O5. The second-order valence-corrected chi connectivity index (χ2v) is 8.03. The maximum absolute atomic E-state index is 12.2. The molecule has 0 aromatic heterocycles. The van der Waals surface area contributed by atoms with Crippen molar-refractivity contribution in [3.05, 3.63) is 89.5 Å². The zero-order valence-electron chi connectivity index (χ0n) is 20.8. The number of ether oxygens (including phenoxy) is 2. The third kappa shape index (κ3) is 9.14. The summed E-state index contributed by atoms with van der Waals surface area (Å²) in [5, 5.41) is 9.17. The number of hydrogen-bond donors (Lipinski definition) is 3. The van der Waals surface area contributed by atoms with Crippen LogP contribution in [0.3, 0.4) is 0 Å². The number of hydrogen-bond acceptors (Lipinski definition) is 6. The van der Waals surface area contributed by atoms with E-state index >= 15 is 0 Å². The van der Waals surface area contributed by atoms with Crippen molar-refractivity contribution >= 4 is 29.6 Å². The van der Waals surface area contributed by atoms with E-state index in [9.17, 15) is 14.4 Å². The number of rotatable bonds is 11. The van der Waals surface area contributed by atoms with Crippen LogP contribution in [0.2, 0.25) is 0 Å². The smallest absolute Gasteiger partial charge is 0.329 e. The number of amides is 3. The predicted molar refractivity (Wildman–Crippen MR) is 142 cm³/mol. The van der Waals surface area contributed by atoms with Crippen LogP contribution in [0.4, 0.5) is 5.69 Å². The summed E-state index contributed by atoms with van der Waals surface area (Å²) in [6.45, 7) is 4.31. The Labute approximate surface area is 215 Å². The van der Waals surface area contributed by atoms with Crippen LogP contribution >= 0.6 is 0 Å². The van der Waals surface area contributed by atoms with Crippen molar-refractivity contribution in [2.24, 2.45) is 5.10 Å². The highest BCUT2D eigenvalue weighted by molar-refractivity contribution is 6.35. The second-order valence-electron chi connectivity index (χ2n) is 8.03. The van der Waals surface area contributed by atoms with Gasteiger partial charge in [-0.05, 0) is 61.7 Å². The Hall–Kier alpha value is -4.66. The molecule has 37 heavy (non-hydrogen) atoms. The lowest BCUT2D eigenvalue weighted by Crippen LogP contribution is -2.38. The van der Waals surface area contributed by atoms with E-state index in [1.807, 2.05) is 68.4 Å². The third-order valence-corrected chi connectivity index (χ3v) is 5.09. The molecule has 3 aromatic rings. The fourth-order valence-electron chi connectivity index (χ4n) is 3.23. The topological polar surface area (TPSA) is 118 Å². The van der Waals surface area contributed by atoms with Crippen molar-refractivity contribution in [2.45, 2.75) is 20.3 Å². The van der Waals surface area contributed by atoms with E-state index in [2.05, 4.69) is 21.2 Å². The molecule has 0 aliphatic heterocycles. The summed E-state index contributed by atoms with van der Waals surface area (Å²) in [4.78, 5) is 36.2. The number of nitrogens with one attached hydrogen (secondary N) is 3. The standard InChI is InChI=1S/C28H30N4O5/c1-3-36-25-17-22(11-14-24(25)37-19-26(33)31-23-12-9-20(2)10-13-23)18-30-32-28(35)27(34)29-16-15-21-7-5-4-6-8-21/h4-14,17-18H,3,15-16,19H2,1-2H3,(H,29,34)(H,31,33)(H,32,35)/b30-18-. The van der Waals surface area contributed by atoms with E-state index in [0.717, 1.165) is 11.1 Å². The number of anilines is 1. The average Bonchev–Trinajstić information content (AvgIpc) is 2.90. The minimum absolute atomic E-state index is 0.198. The number of hydrazone groups is 1. The van der Waals surface area contributed by atoms with Crippen LogP contribution in [0, 0.1) is 6.92 Å². The van der Waals surface area contributed by atoms with Gasteiger partial charge in [-0.2, -0.15) is 5.10 Å². The quantitative estimate of drug-likeness (QED) is 0.211. The molecule has 0 fully saturated rings. The zero-order chi connectivity index (χ0) is 26.5. The van der Waals surface area contributed by atoms with E-state index in [0.29, 0.717) is 42.3 Å². The molecule has 3 amide bonds. The third-order valence-electron chi connectivity index (χ3n) is 5.09. The van der Waals surface area contributed by atoms with Crippen molar-refractivity contribution in [2.75, 3.05) is 25.1 Å². The Bertz CT molecular complexity index is 1230. The van der Waals surface area contributed by atoms with Gasteiger partial charge in [-0.25, -0.2) is 5.43 Å². The van der Waals surface area contributed by atoms with Gasteiger partial charge < -0.3 is 20.1 Å². The van der Waals surface area contributed by atoms with Crippen molar-refractivity contribution in [3.63, 3.8) is 0 Å². The summed E-state index contributed by atoms with van der Waals surface area (Å²) < 4.78 is 11.3. The van der Waals surface area contributed by atoms with Gasteiger partial charge in [-0.1, -0.05) is 48.0 Å². The van der Waals surface area contributed by atoms with Gasteiger partial charge in [0, 0.05) is 12.2 Å². The molecule has 0 aliphatic carbocycles. The first-order chi connectivity index (χ1) is 17.9. The average molecular weight is 503 g/mol. The van der Waals surface area contributed by atoms with E-state index in [1.165, 1.54) is 6.21 Å². The maximum atomic E-state index is 12.2. The Morgan fingerprint density at radius 2 is 1.65 bits per heavy atom. The van der Waals surface area contributed by atoms with Crippen LogP contribution in [0.15, 0.2) is 77.9 Å².